The molecule has 0 fully saturated rings. The minimum Gasteiger partial charge on any atom is -0.497 e. The van der Waals surface area contributed by atoms with Gasteiger partial charge in [-0.2, -0.15) is 0 Å². The van der Waals surface area contributed by atoms with Crippen LogP contribution in [0.1, 0.15) is 58.6 Å². The van der Waals surface area contributed by atoms with Gasteiger partial charge in [0.05, 0.1) is 13.5 Å². The van der Waals surface area contributed by atoms with Crippen LogP contribution in [0, 0.1) is 11.8 Å². The van der Waals surface area contributed by atoms with E-state index in [4.69, 9.17) is 9.47 Å². The summed E-state index contributed by atoms with van der Waals surface area (Å²) in [7, 11) is 1.60. The number of esters is 1. The maximum atomic E-state index is 13.0. The van der Waals surface area contributed by atoms with Crippen molar-refractivity contribution >= 4 is 17.8 Å². The molecule has 2 amide bonds. The molecule has 1 aromatic rings. The van der Waals surface area contributed by atoms with Crippen molar-refractivity contribution in [3.8, 4) is 5.75 Å². The molecule has 0 bridgehead atoms. The number of nitrogens with one attached hydrogen (secondary N) is 2. The summed E-state index contributed by atoms with van der Waals surface area (Å²) in [6.45, 7) is 9.76. The monoisotopic (exact) mass is 418 g/mol. The molecule has 30 heavy (non-hydrogen) atoms. The van der Waals surface area contributed by atoms with Crippen LogP contribution in [0.5, 0.6) is 5.75 Å². The molecular weight excluding hydrogens is 384 g/mol. The standard InChI is InChI=1S/C23H34N2O5/c1-14(2)9-16(12-20(26)30-23(3,4)5)21(27)25-19-11-15-7-8-18(29-6)10-17(15)13-24-22(19)28/h7-8,10,14,16,19H,9,11-13H2,1-6H3,(H,24,28)(H,25,27)/t16?,19-/m0/s1. The largest absolute Gasteiger partial charge is 0.497 e. The fraction of sp³-hybridized carbons (Fsp3) is 0.609. The highest BCUT2D eigenvalue weighted by Gasteiger charge is 2.31. The average molecular weight is 419 g/mol. The quantitative estimate of drug-likeness (QED) is 0.664. The Morgan fingerprint density at radius 2 is 1.93 bits per heavy atom. The zero-order chi connectivity index (χ0) is 22.5. The van der Waals surface area contributed by atoms with Crippen LogP contribution in [0.4, 0.5) is 0 Å². The molecule has 7 heteroatoms. The van der Waals surface area contributed by atoms with Gasteiger partial charge in [-0.3, -0.25) is 14.4 Å². The van der Waals surface area contributed by atoms with E-state index >= 15 is 0 Å². The molecule has 0 saturated carbocycles. The van der Waals surface area contributed by atoms with Crippen LogP contribution in [-0.4, -0.2) is 36.5 Å². The van der Waals surface area contributed by atoms with Gasteiger partial charge in [0.2, 0.25) is 11.8 Å². The Morgan fingerprint density at radius 1 is 1.23 bits per heavy atom. The third-order valence-electron chi connectivity index (χ3n) is 4.88. The van der Waals surface area contributed by atoms with Crippen LogP contribution >= 0.6 is 0 Å². The van der Waals surface area contributed by atoms with E-state index in [1.54, 1.807) is 27.9 Å². The number of fused-ring (bicyclic) bond motifs is 1. The molecule has 166 valence electrons. The molecular formula is C23H34N2O5. The van der Waals surface area contributed by atoms with Crippen LogP contribution in [0.2, 0.25) is 0 Å². The number of amides is 2. The first-order chi connectivity index (χ1) is 14.0. The van der Waals surface area contributed by atoms with Crippen molar-refractivity contribution in [1.82, 2.24) is 10.6 Å². The predicted molar refractivity (Wildman–Crippen MR) is 114 cm³/mol. The zero-order valence-corrected chi connectivity index (χ0v) is 18.8. The molecule has 7 nitrogen and oxygen atoms in total. The molecule has 1 aliphatic heterocycles. The molecule has 1 unspecified atom stereocenters. The van der Waals surface area contributed by atoms with E-state index < -0.39 is 23.5 Å². The van der Waals surface area contributed by atoms with Crippen molar-refractivity contribution in [2.45, 2.75) is 72.1 Å². The van der Waals surface area contributed by atoms with Gasteiger partial charge in [0.1, 0.15) is 17.4 Å². The normalized spacial score (nSPS) is 17.4. The second kappa shape index (κ2) is 9.96. The minimum atomic E-state index is -0.694. The Hall–Kier alpha value is -2.57. The van der Waals surface area contributed by atoms with Crippen molar-refractivity contribution in [3.05, 3.63) is 29.3 Å². The maximum absolute atomic E-state index is 13.0. The van der Waals surface area contributed by atoms with Gasteiger partial charge < -0.3 is 20.1 Å². The Kier molecular flexibility index (Phi) is 7.87. The third-order valence-corrected chi connectivity index (χ3v) is 4.88. The number of carbonyl (C=O) groups is 3. The van der Waals surface area contributed by atoms with Crippen molar-refractivity contribution in [1.29, 1.82) is 0 Å². The zero-order valence-electron chi connectivity index (χ0n) is 18.8. The van der Waals surface area contributed by atoms with Crippen LogP contribution in [-0.2, 0) is 32.1 Å². The number of carbonyl (C=O) groups excluding carboxylic acids is 3. The Morgan fingerprint density at radius 3 is 2.53 bits per heavy atom. The van der Waals surface area contributed by atoms with Gasteiger partial charge >= 0.3 is 5.97 Å². The number of ether oxygens (including phenoxy) is 2. The third kappa shape index (κ3) is 7.04. The van der Waals surface area contributed by atoms with Gasteiger partial charge in [0.15, 0.2) is 0 Å². The van der Waals surface area contributed by atoms with Gasteiger partial charge in [-0.05, 0) is 56.4 Å². The van der Waals surface area contributed by atoms with E-state index in [9.17, 15) is 14.4 Å². The summed E-state index contributed by atoms with van der Waals surface area (Å²) < 4.78 is 10.6. The molecule has 0 spiro atoms. The Balaban J connectivity index is 2.12. The summed E-state index contributed by atoms with van der Waals surface area (Å²) >= 11 is 0. The second-order valence-electron chi connectivity index (χ2n) is 9.23. The molecule has 0 saturated heterocycles. The van der Waals surface area contributed by atoms with E-state index in [1.807, 2.05) is 32.0 Å². The van der Waals surface area contributed by atoms with Crippen LogP contribution < -0.4 is 15.4 Å². The van der Waals surface area contributed by atoms with Crippen molar-refractivity contribution in [2.75, 3.05) is 7.11 Å². The molecule has 2 rings (SSSR count). The van der Waals surface area contributed by atoms with Crippen LogP contribution in [0.25, 0.3) is 0 Å². The van der Waals surface area contributed by atoms with Crippen molar-refractivity contribution < 1.29 is 23.9 Å². The number of rotatable bonds is 7. The lowest BCUT2D eigenvalue weighted by Crippen LogP contribution is -2.48. The topological polar surface area (TPSA) is 93.7 Å². The number of methoxy groups -OCH3 is 1. The summed E-state index contributed by atoms with van der Waals surface area (Å²) in [5, 5.41) is 5.72. The van der Waals surface area contributed by atoms with E-state index in [0.717, 1.165) is 16.9 Å². The minimum absolute atomic E-state index is 0.0105. The fourth-order valence-electron chi connectivity index (χ4n) is 3.55. The molecule has 0 radical (unpaired) electrons. The fourth-order valence-corrected chi connectivity index (χ4v) is 3.55. The number of benzene rings is 1. The van der Waals surface area contributed by atoms with Crippen molar-refractivity contribution in [2.24, 2.45) is 11.8 Å². The summed E-state index contributed by atoms with van der Waals surface area (Å²) in [5.74, 6) is -0.553. The van der Waals surface area contributed by atoms with Crippen LogP contribution in [0.15, 0.2) is 18.2 Å². The number of hydrogen-bond donors (Lipinski definition) is 2. The summed E-state index contributed by atoms with van der Waals surface area (Å²) in [6, 6.07) is 4.96. The Bertz CT molecular complexity index is 782. The molecule has 2 atom stereocenters. The van der Waals surface area contributed by atoms with Gasteiger partial charge in [-0.1, -0.05) is 19.9 Å². The van der Waals surface area contributed by atoms with Gasteiger partial charge in [0, 0.05) is 18.9 Å². The van der Waals surface area contributed by atoms with Gasteiger partial charge in [-0.15, -0.1) is 0 Å². The lowest BCUT2D eigenvalue weighted by molar-refractivity contribution is -0.157. The highest BCUT2D eigenvalue weighted by atomic mass is 16.6. The average Bonchev–Trinajstić information content (AvgIpc) is 2.78. The highest BCUT2D eigenvalue weighted by Crippen LogP contribution is 2.23. The molecule has 1 aliphatic rings. The Labute approximate surface area is 178 Å². The molecule has 2 N–H and O–H groups in total. The predicted octanol–water partition coefficient (Wildman–Crippen LogP) is 2.75. The smallest absolute Gasteiger partial charge is 0.307 e. The van der Waals surface area contributed by atoms with Gasteiger partial charge in [0.25, 0.3) is 0 Å². The van der Waals surface area contributed by atoms with Crippen molar-refractivity contribution in [3.63, 3.8) is 0 Å². The second-order valence-corrected chi connectivity index (χ2v) is 9.23. The first-order valence-electron chi connectivity index (χ1n) is 10.4. The summed E-state index contributed by atoms with van der Waals surface area (Å²) in [5.41, 5.74) is 1.33. The molecule has 0 aliphatic carbocycles. The molecule has 1 aromatic carbocycles. The highest BCUT2D eigenvalue weighted by molar-refractivity contribution is 5.90. The van der Waals surface area contributed by atoms with E-state index in [0.29, 0.717) is 19.4 Å². The lowest BCUT2D eigenvalue weighted by atomic mass is 9.92. The van der Waals surface area contributed by atoms with E-state index in [1.165, 1.54) is 0 Å². The first-order valence-corrected chi connectivity index (χ1v) is 10.4. The summed E-state index contributed by atoms with van der Waals surface area (Å²) in [6.07, 6.45) is 0.911. The first kappa shape index (κ1) is 23.7. The number of hydrogen-bond acceptors (Lipinski definition) is 5. The van der Waals surface area contributed by atoms with Crippen LogP contribution in [0.3, 0.4) is 0 Å². The molecule has 0 aromatic heterocycles. The molecule has 1 heterocycles. The van der Waals surface area contributed by atoms with Gasteiger partial charge in [-0.25, -0.2) is 0 Å². The van der Waals surface area contributed by atoms with E-state index in [-0.39, 0.29) is 24.2 Å². The lowest BCUT2D eigenvalue weighted by Gasteiger charge is -2.24. The maximum Gasteiger partial charge on any atom is 0.307 e. The van der Waals surface area contributed by atoms with E-state index in [2.05, 4.69) is 10.6 Å². The summed E-state index contributed by atoms with van der Waals surface area (Å²) in [4.78, 5) is 37.9. The SMILES string of the molecule is COc1ccc2c(c1)CNC(=O)[C@@H](NC(=O)C(CC(=O)OC(C)(C)C)CC(C)C)C2.